The molecule has 0 saturated carbocycles. The van der Waals surface area contributed by atoms with Gasteiger partial charge in [-0.3, -0.25) is 4.84 Å². The van der Waals surface area contributed by atoms with Crippen molar-refractivity contribution in [3.63, 3.8) is 0 Å². The fraction of sp³-hybridized carbons (Fsp3) is 0.462. The highest BCUT2D eigenvalue weighted by molar-refractivity contribution is 5.33. The van der Waals surface area contributed by atoms with Crippen LogP contribution in [-0.2, 0) is 11.3 Å². The van der Waals surface area contributed by atoms with E-state index in [1.807, 2.05) is 12.0 Å². The summed E-state index contributed by atoms with van der Waals surface area (Å²) in [7, 11) is 0. The molecule has 0 N–H and O–H groups in total. The first-order chi connectivity index (χ1) is 7.72. The molecule has 3 nitrogen and oxygen atoms in total. The summed E-state index contributed by atoms with van der Waals surface area (Å²) in [6.45, 7) is 2.76. The highest BCUT2D eigenvalue weighted by atomic mass is 16.7. The predicted molar refractivity (Wildman–Crippen MR) is 59.3 cm³/mol. The molecule has 2 aliphatic rings. The van der Waals surface area contributed by atoms with Gasteiger partial charge in [0.1, 0.15) is 0 Å². The van der Waals surface area contributed by atoms with Crippen LogP contribution in [0.3, 0.4) is 0 Å². The fourth-order valence-corrected chi connectivity index (χ4v) is 2.68. The van der Waals surface area contributed by atoms with Gasteiger partial charge in [0.15, 0.2) is 5.60 Å². The Morgan fingerprint density at radius 1 is 1.50 bits per heavy atom. The van der Waals surface area contributed by atoms with E-state index in [-0.39, 0.29) is 6.04 Å². The van der Waals surface area contributed by atoms with Gasteiger partial charge in [-0.15, -0.1) is 0 Å². The summed E-state index contributed by atoms with van der Waals surface area (Å²) in [6, 6.07) is 11.0. The summed E-state index contributed by atoms with van der Waals surface area (Å²) >= 11 is 0. The molecule has 0 bridgehead atoms. The zero-order chi connectivity index (χ0) is 11.2. The molecule has 16 heavy (non-hydrogen) atoms. The molecule has 0 aliphatic carbocycles. The minimum absolute atomic E-state index is 0.259. The monoisotopic (exact) mass is 214 g/mol. The van der Waals surface area contributed by atoms with E-state index in [0.717, 1.165) is 19.4 Å². The third-order valence-corrected chi connectivity index (χ3v) is 3.50. The van der Waals surface area contributed by atoms with Gasteiger partial charge in [-0.1, -0.05) is 24.3 Å². The Labute approximate surface area is 95.2 Å². The SMILES string of the molecule is CC1(C#N)CC2c3ccccc3CCN2O1. The second-order valence-corrected chi connectivity index (χ2v) is 4.74. The van der Waals surface area contributed by atoms with Crippen LogP contribution >= 0.6 is 0 Å². The Bertz CT molecular complexity index is 465. The zero-order valence-electron chi connectivity index (χ0n) is 9.31. The van der Waals surface area contributed by atoms with E-state index in [2.05, 4.69) is 30.3 Å². The zero-order valence-corrected chi connectivity index (χ0v) is 9.31. The third kappa shape index (κ3) is 1.35. The number of benzene rings is 1. The normalized spacial score (nSPS) is 32.9. The van der Waals surface area contributed by atoms with Crippen LogP contribution in [0.25, 0.3) is 0 Å². The lowest BCUT2D eigenvalue weighted by Crippen LogP contribution is -2.31. The van der Waals surface area contributed by atoms with Crippen LogP contribution in [-0.4, -0.2) is 17.2 Å². The first kappa shape index (κ1) is 9.83. The Kier molecular flexibility index (Phi) is 2.03. The van der Waals surface area contributed by atoms with Crippen LogP contribution in [0.1, 0.15) is 30.5 Å². The van der Waals surface area contributed by atoms with E-state index in [4.69, 9.17) is 10.1 Å². The summed E-state index contributed by atoms with van der Waals surface area (Å²) in [5.74, 6) is 0. The smallest absolute Gasteiger partial charge is 0.174 e. The van der Waals surface area contributed by atoms with Crippen molar-refractivity contribution in [1.82, 2.24) is 5.06 Å². The van der Waals surface area contributed by atoms with Gasteiger partial charge >= 0.3 is 0 Å². The highest BCUT2D eigenvalue weighted by Crippen LogP contribution is 2.43. The quantitative estimate of drug-likeness (QED) is 0.664. The fourth-order valence-electron chi connectivity index (χ4n) is 2.68. The Balaban J connectivity index is 2.00. The van der Waals surface area contributed by atoms with Gasteiger partial charge in [0, 0.05) is 13.0 Å². The highest BCUT2D eigenvalue weighted by Gasteiger charge is 2.45. The van der Waals surface area contributed by atoms with E-state index in [9.17, 15) is 0 Å². The van der Waals surface area contributed by atoms with Crippen molar-refractivity contribution in [3.8, 4) is 6.07 Å². The Hall–Kier alpha value is -1.37. The van der Waals surface area contributed by atoms with Gasteiger partial charge < -0.3 is 0 Å². The van der Waals surface area contributed by atoms with Crippen molar-refractivity contribution in [1.29, 1.82) is 5.26 Å². The second-order valence-electron chi connectivity index (χ2n) is 4.74. The van der Waals surface area contributed by atoms with E-state index in [1.165, 1.54) is 11.1 Å². The van der Waals surface area contributed by atoms with Crippen molar-refractivity contribution in [2.45, 2.75) is 31.4 Å². The van der Waals surface area contributed by atoms with Crippen molar-refractivity contribution < 1.29 is 4.84 Å². The number of nitrogens with zero attached hydrogens (tertiary/aromatic N) is 2. The maximum absolute atomic E-state index is 9.12. The lowest BCUT2D eigenvalue weighted by atomic mass is 9.89. The molecule has 0 amide bonds. The standard InChI is InChI=1S/C13H14N2O/c1-13(9-14)8-12-11-5-3-2-4-10(11)6-7-15(12)16-13/h2-5,12H,6-8H2,1H3. The molecular weight excluding hydrogens is 200 g/mol. The molecule has 2 atom stereocenters. The summed E-state index contributed by atoms with van der Waals surface area (Å²) < 4.78 is 0. The topological polar surface area (TPSA) is 36.3 Å². The van der Waals surface area contributed by atoms with Gasteiger partial charge in [-0.2, -0.15) is 10.3 Å². The lowest BCUT2D eigenvalue weighted by molar-refractivity contribution is -0.183. The first-order valence-electron chi connectivity index (χ1n) is 5.67. The van der Waals surface area contributed by atoms with E-state index in [0.29, 0.717) is 0 Å². The van der Waals surface area contributed by atoms with Crippen molar-refractivity contribution in [2.24, 2.45) is 0 Å². The number of fused-ring (bicyclic) bond motifs is 3. The van der Waals surface area contributed by atoms with Crippen molar-refractivity contribution >= 4 is 0 Å². The predicted octanol–water partition coefficient (Wildman–Crippen LogP) is 2.20. The molecule has 0 aromatic heterocycles. The average Bonchev–Trinajstić information content (AvgIpc) is 2.67. The van der Waals surface area contributed by atoms with Crippen molar-refractivity contribution in [3.05, 3.63) is 35.4 Å². The van der Waals surface area contributed by atoms with Crippen LogP contribution in [0.5, 0.6) is 0 Å². The minimum atomic E-state index is -0.651. The van der Waals surface area contributed by atoms with Crippen LogP contribution in [0, 0.1) is 11.3 Å². The molecular formula is C13H14N2O. The maximum Gasteiger partial charge on any atom is 0.174 e. The molecule has 0 spiro atoms. The van der Waals surface area contributed by atoms with E-state index >= 15 is 0 Å². The molecule has 3 heteroatoms. The second kappa shape index (κ2) is 3.31. The van der Waals surface area contributed by atoms with Crippen LogP contribution in [0.2, 0.25) is 0 Å². The van der Waals surface area contributed by atoms with Gasteiger partial charge in [-0.05, 0) is 24.5 Å². The average molecular weight is 214 g/mol. The summed E-state index contributed by atoms with van der Waals surface area (Å²) in [5.41, 5.74) is 2.07. The Morgan fingerprint density at radius 2 is 2.31 bits per heavy atom. The maximum atomic E-state index is 9.12. The van der Waals surface area contributed by atoms with Crippen LogP contribution in [0.4, 0.5) is 0 Å². The molecule has 1 aromatic rings. The third-order valence-electron chi connectivity index (χ3n) is 3.50. The van der Waals surface area contributed by atoms with Crippen LogP contribution < -0.4 is 0 Å². The number of hydrogen-bond donors (Lipinski definition) is 0. The molecule has 1 aromatic carbocycles. The van der Waals surface area contributed by atoms with Gasteiger partial charge in [-0.25, -0.2) is 0 Å². The molecule has 82 valence electrons. The molecule has 2 unspecified atom stereocenters. The number of hydroxylamine groups is 2. The van der Waals surface area contributed by atoms with Gasteiger partial charge in [0.2, 0.25) is 0 Å². The molecule has 1 fully saturated rings. The molecule has 2 heterocycles. The van der Waals surface area contributed by atoms with E-state index < -0.39 is 5.60 Å². The van der Waals surface area contributed by atoms with Gasteiger partial charge in [0.05, 0.1) is 12.1 Å². The van der Waals surface area contributed by atoms with Crippen LogP contribution in [0.15, 0.2) is 24.3 Å². The molecule has 3 rings (SSSR count). The van der Waals surface area contributed by atoms with E-state index in [1.54, 1.807) is 0 Å². The first-order valence-corrected chi connectivity index (χ1v) is 5.67. The number of nitriles is 1. The summed E-state index contributed by atoms with van der Waals surface area (Å²) in [5, 5.41) is 11.1. The summed E-state index contributed by atoms with van der Waals surface area (Å²) in [6.07, 6.45) is 1.77. The molecule has 1 saturated heterocycles. The largest absolute Gasteiger partial charge is 0.277 e. The number of rotatable bonds is 0. The summed E-state index contributed by atoms with van der Waals surface area (Å²) in [4.78, 5) is 5.73. The minimum Gasteiger partial charge on any atom is -0.277 e. The molecule has 0 radical (unpaired) electrons. The Morgan fingerprint density at radius 3 is 3.12 bits per heavy atom. The van der Waals surface area contributed by atoms with Crippen molar-refractivity contribution in [2.75, 3.05) is 6.54 Å². The van der Waals surface area contributed by atoms with Gasteiger partial charge in [0.25, 0.3) is 0 Å². The molecule has 2 aliphatic heterocycles. The lowest BCUT2D eigenvalue weighted by Gasteiger charge is -2.29. The number of hydrogen-bond acceptors (Lipinski definition) is 3.